The highest BCUT2D eigenvalue weighted by atomic mass is 16.5. The van der Waals surface area contributed by atoms with Gasteiger partial charge in [-0.1, -0.05) is 55.5 Å². The fraction of sp³-hybridized carbons (Fsp3) is 0.240. The predicted molar refractivity (Wildman–Crippen MR) is 120 cm³/mol. The van der Waals surface area contributed by atoms with Gasteiger partial charge >= 0.3 is 0 Å². The lowest BCUT2D eigenvalue weighted by Gasteiger charge is -2.30. The molecule has 0 aromatic heterocycles. The summed E-state index contributed by atoms with van der Waals surface area (Å²) in [7, 11) is 4.50. The van der Waals surface area contributed by atoms with Gasteiger partial charge in [0.2, 0.25) is 5.75 Å². The molecule has 0 aliphatic rings. The van der Waals surface area contributed by atoms with E-state index in [1.54, 1.807) is 18.2 Å². The summed E-state index contributed by atoms with van der Waals surface area (Å²) in [5.74, 6) is 0.814. The van der Waals surface area contributed by atoms with E-state index in [9.17, 15) is 9.90 Å². The van der Waals surface area contributed by atoms with Gasteiger partial charge in [0.1, 0.15) is 5.60 Å². The van der Waals surface area contributed by atoms with Crippen LogP contribution < -0.4 is 19.5 Å². The molecule has 0 saturated carbocycles. The molecule has 3 rings (SSSR count). The van der Waals surface area contributed by atoms with Crippen LogP contribution in [-0.4, -0.2) is 32.3 Å². The van der Waals surface area contributed by atoms with E-state index in [1.807, 2.05) is 55.5 Å². The Kier molecular flexibility index (Phi) is 6.82. The lowest BCUT2D eigenvalue weighted by atomic mass is 9.83. The summed E-state index contributed by atoms with van der Waals surface area (Å²) < 4.78 is 16.0. The second-order valence-electron chi connectivity index (χ2n) is 6.99. The molecular formula is C25H27NO5. The Hall–Kier alpha value is -3.51. The minimum absolute atomic E-state index is 0.337. The lowest BCUT2D eigenvalue weighted by molar-refractivity contribution is 0.0771. The smallest absolute Gasteiger partial charge is 0.255 e. The number of benzene rings is 3. The highest BCUT2D eigenvalue weighted by Crippen LogP contribution is 2.39. The summed E-state index contributed by atoms with van der Waals surface area (Å²) in [5.41, 5.74) is 0.982. The molecule has 1 amide bonds. The molecule has 0 fully saturated rings. The molecule has 0 spiro atoms. The van der Waals surface area contributed by atoms with Crippen LogP contribution in [0.3, 0.4) is 0 Å². The molecule has 6 nitrogen and oxygen atoms in total. The van der Waals surface area contributed by atoms with Crippen molar-refractivity contribution in [1.29, 1.82) is 0 Å². The first-order valence-corrected chi connectivity index (χ1v) is 9.97. The Bertz CT molecular complexity index is 1030. The number of nitrogens with one attached hydrogen (secondary N) is 1. The molecule has 6 heteroatoms. The second kappa shape index (κ2) is 9.53. The SMILES string of the molecule is CC[C@](O)(c1ccccc1)c1ccccc1NC(=O)c1cc(OC)c(OC)c(OC)c1. The van der Waals surface area contributed by atoms with Crippen molar-refractivity contribution < 1.29 is 24.1 Å². The van der Waals surface area contributed by atoms with Crippen LogP contribution in [0.15, 0.2) is 66.7 Å². The van der Waals surface area contributed by atoms with Crippen LogP contribution in [-0.2, 0) is 5.60 Å². The number of methoxy groups -OCH3 is 3. The Morgan fingerprint density at radius 1 is 0.903 bits per heavy atom. The van der Waals surface area contributed by atoms with E-state index in [4.69, 9.17) is 14.2 Å². The van der Waals surface area contributed by atoms with E-state index < -0.39 is 5.60 Å². The number of amides is 1. The average molecular weight is 421 g/mol. The van der Waals surface area contributed by atoms with Gasteiger partial charge in [0.05, 0.1) is 21.3 Å². The lowest BCUT2D eigenvalue weighted by Crippen LogP contribution is -2.28. The van der Waals surface area contributed by atoms with Gasteiger partial charge in [-0.25, -0.2) is 0 Å². The summed E-state index contributed by atoms with van der Waals surface area (Å²) >= 11 is 0. The normalized spacial score (nSPS) is 12.5. The summed E-state index contributed by atoms with van der Waals surface area (Å²) in [5, 5.41) is 14.5. The minimum atomic E-state index is -1.25. The Balaban J connectivity index is 2.01. The first-order valence-electron chi connectivity index (χ1n) is 9.97. The van der Waals surface area contributed by atoms with Crippen LogP contribution in [0.1, 0.15) is 34.8 Å². The van der Waals surface area contributed by atoms with E-state index in [2.05, 4.69) is 5.32 Å². The van der Waals surface area contributed by atoms with Gasteiger partial charge in [-0.15, -0.1) is 0 Å². The standard InChI is InChI=1S/C25H27NO5/c1-5-25(28,18-11-7-6-8-12-18)19-13-9-10-14-20(19)26-24(27)17-15-21(29-2)23(31-4)22(16-17)30-3/h6-16,28H,5H2,1-4H3,(H,26,27)/t25-/m0/s1. The zero-order chi connectivity index (χ0) is 22.4. The Morgan fingerprint density at radius 3 is 2.03 bits per heavy atom. The number of hydrogen-bond donors (Lipinski definition) is 2. The third-order valence-corrected chi connectivity index (χ3v) is 5.31. The zero-order valence-electron chi connectivity index (χ0n) is 18.1. The number of carbonyl (C=O) groups excluding carboxylic acids is 1. The molecule has 0 bridgehead atoms. The highest BCUT2D eigenvalue weighted by Gasteiger charge is 2.32. The maximum absolute atomic E-state index is 13.1. The molecule has 2 N–H and O–H groups in total. The van der Waals surface area contributed by atoms with Crippen molar-refractivity contribution >= 4 is 11.6 Å². The van der Waals surface area contributed by atoms with E-state index in [0.717, 1.165) is 5.56 Å². The summed E-state index contributed by atoms with van der Waals surface area (Å²) in [6.07, 6.45) is 0.439. The van der Waals surface area contributed by atoms with Crippen molar-refractivity contribution in [3.05, 3.63) is 83.4 Å². The van der Waals surface area contributed by atoms with Crippen molar-refractivity contribution in [2.75, 3.05) is 26.6 Å². The van der Waals surface area contributed by atoms with Crippen molar-refractivity contribution in [3.63, 3.8) is 0 Å². The molecular weight excluding hydrogens is 394 g/mol. The molecule has 0 aliphatic carbocycles. The van der Waals surface area contributed by atoms with Crippen LogP contribution in [0.4, 0.5) is 5.69 Å². The molecule has 3 aromatic rings. The van der Waals surface area contributed by atoms with E-state index in [1.165, 1.54) is 21.3 Å². The van der Waals surface area contributed by atoms with Gasteiger partial charge in [-0.3, -0.25) is 4.79 Å². The number of rotatable bonds is 8. The van der Waals surface area contributed by atoms with Crippen LogP contribution in [0.2, 0.25) is 0 Å². The average Bonchev–Trinajstić information content (AvgIpc) is 2.83. The third kappa shape index (κ3) is 4.34. The summed E-state index contributed by atoms with van der Waals surface area (Å²) in [4.78, 5) is 13.1. The zero-order valence-corrected chi connectivity index (χ0v) is 18.1. The van der Waals surface area contributed by atoms with Crippen LogP contribution in [0.5, 0.6) is 17.2 Å². The van der Waals surface area contributed by atoms with E-state index in [0.29, 0.717) is 40.5 Å². The predicted octanol–water partition coefficient (Wildman–Crippen LogP) is 4.61. The maximum Gasteiger partial charge on any atom is 0.255 e. The molecule has 0 radical (unpaired) electrons. The van der Waals surface area contributed by atoms with Crippen LogP contribution in [0.25, 0.3) is 0 Å². The van der Waals surface area contributed by atoms with Crippen molar-refractivity contribution in [2.24, 2.45) is 0 Å². The number of hydrogen-bond acceptors (Lipinski definition) is 5. The fourth-order valence-electron chi connectivity index (χ4n) is 3.62. The Morgan fingerprint density at radius 2 is 1.48 bits per heavy atom. The monoisotopic (exact) mass is 421 g/mol. The van der Waals surface area contributed by atoms with Gasteiger partial charge in [-0.05, 0) is 30.2 Å². The molecule has 31 heavy (non-hydrogen) atoms. The topological polar surface area (TPSA) is 77.0 Å². The van der Waals surface area contributed by atoms with E-state index >= 15 is 0 Å². The number of aliphatic hydroxyl groups is 1. The first kappa shape index (κ1) is 22.2. The first-order chi connectivity index (χ1) is 15.0. The molecule has 0 saturated heterocycles. The largest absolute Gasteiger partial charge is 0.493 e. The van der Waals surface area contributed by atoms with Crippen molar-refractivity contribution in [3.8, 4) is 17.2 Å². The van der Waals surface area contributed by atoms with Crippen molar-refractivity contribution in [1.82, 2.24) is 0 Å². The number of ether oxygens (including phenoxy) is 3. The molecule has 162 valence electrons. The quantitative estimate of drug-likeness (QED) is 0.555. The third-order valence-electron chi connectivity index (χ3n) is 5.31. The maximum atomic E-state index is 13.1. The van der Waals surface area contributed by atoms with Gasteiger partial charge < -0.3 is 24.6 Å². The molecule has 3 aromatic carbocycles. The Labute approximate surface area is 182 Å². The van der Waals surface area contributed by atoms with Crippen LogP contribution in [0, 0.1) is 0 Å². The van der Waals surface area contributed by atoms with E-state index in [-0.39, 0.29) is 5.91 Å². The van der Waals surface area contributed by atoms with Crippen LogP contribution >= 0.6 is 0 Å². The number of carbonyl (C=O) groups is 1. The number of para-hydroxylation sites is 1. The second-order valence-corrected chi connectivity index (χ2v) is 6.99. The molecule has 0 aliphatic heterocycles. The van der Waals surface area contributed by atoms with Gasteiger partial charge in [0, 0.05) is 16.8 Å². The summed E-state index contributed by atoms with van der Waals surface area (Å²) in [6.45, 7) is 1.91. The minimum Gasteiger partial charge on any atom is -0.493 e. The highest BCUT2D eigenvalue weighted by molar-refractivity contribution is 6.05. The van der Waals surface area contributed by atoms with Gasteiger partial charge in [-0.2, -0.15) is 0 Å². The fourth-order valence-corrected chi connectivity index (χ4v) is 3.62. The molecule has 1 atom stereocenters. The molecule has 0 unspecified atom stereocenters. The van der Waals surface area contributed by atoms with Crippen molar-refractivity contribution in [2.45, 2.75) is 18.9 Å². The summed E-state index contributed by atoms with van der Waals surface area (Å²) in [6, 6.07) is 19.8. The number of anilines is 1. The van der Waals surface area contributed by atoms with Gasteiger partial charge in [0.25, 0.3) is 5.91 Å². The molecule has 0 heterocycles. The van der Waals surface area contributed by atoms with Gasteiger partial charge in [0.15, 0.2) is 11.5 Å².